The molecule has 0 aliphatic rings. The van der Waals surface area contributed by atoms with Crippen LogP contribution in [-0.2, 0) is 14.8 Å². The Hall–Kier alpha value is -4.10. The number of anilines is 1. The van der Waals surface area contributed by atoms with Crippen LogP contribution in [0.2, 0.25) is 0 Å². The van der Waals surface area contributed by atoms with Gasteiger partial charge < -0.3 is 14.2 Å². The zero-order valence-corrected chi connectivity index (χ0v) is 23.9. The molecule has 0 amide bonds. The molecule has 208 valence electrons. The normalized spacial score (nSPS) is 14.0. The molecule has 0 radical (unpaired) electrons. The number of ether oxygens (including phenoxy) is 3. The summed E-state index contributed by atoms with van der Waals surface area (Å²) in [5.74, 6) is 1.35. The molecule has 0 bridgehead atoms. The number of hydrogen-bond acceptors (Lipinski definition) is 10. The first-order valence-corrected chi connectivity index (χ1v) is 13.4. The SMILES string of the molecule is C=N/C=C(C)\C=C(/C)c1nnc(NS(=O)(=O)[C@H](C)[C@@H](OC)c2ncc(C)cn2)n1-c1c(OC)cccc1OC. The van der Waals surface area contributed by atoms with E-state index in [-0.39, 0.29) is 11.8 Å². The van der Waals surface area contributed by atoms with Crippen LogP contribution in [0.4, 0.5) is 5.95 Å². The summed E-state index contributed by atoms with van der Waals surface area (Å²) in [5.41, 5.74) is 2.73. The van der Waals surface area contributed by atoms with E-state index in [4.69, 9.17) is 14.2 Å². The molecular weight excluding hydrogens is 522 g/mol. The Kier molecular flexibility index (Phi) is 9.54. The summed E-state index contributed by atoms with van der Waals surface area (Å²) < 4.78 is 48.1. The standard InChI is InChI=1S/C26H33N7O5S/c1-16(13-27-5)12-18(3)25-30-31-26(33(25)22-20(36-6)10-9-11-21(22)37-7)32-39(34,35)19(4)23(38-8)24-28-14-17(2)15-29-24/h9-15,19,23H,5H2,1-4,6-8H3,(H,31,32)/b16-13-,18-12+/t19-,23-/m1/s1. The molecule has 0 aliphatic heterocycles. The lowest BCUT2D eigenvalue weighted by Gasteiger charge is -2.23. The number of nitrogens with one attached hydrogen (secondary N) is 1. The lowest BCUT2D eigenvalue weighted by Crippen LogP contribution is -2.33. The van der Waals surface area contributed by atoms with E-state index in [0.717, 1.165) is 11.1 Å². The highest BCUT2D eigenvalue weighted by atomic mass is 32.2. The fraction of sp³-hybridized carbons (Fsp3) is 0.346. The van der Waals surface area contributed by atoms with Gasteiger partial charge in [-0.3, -0.25) is 14.3 Å². The van der Waals surface area contributed by atoms with E-state index < -0.39 is 21.4 Å². The van der Waals surface area contributed by atoms with E-state index in [9.17, 15) is 8.42 Å². The Balaban J connectivity index is 2.17. The minimum Gasteiger partial charge on any atom is -0.494 e. The fourth-order valence-corrected chi connectivity index (χ4v) is 5.03. The monoisotopic (exact) mass is 555 g/mol. The van der Waals surface area contributed by atoms with E-state index in [2.05, 4.69) is 36.6 Å². The molecule has 39 heavy (non-hydrogen) atoms. The van der Waals surface area contributed by atoms with Gasteiger partial charge >= 0.3 is 0 Å². The molecule has 2 heterocycles. The van der Waals surface area contributed by atoms with Gasteiger partial charge in [0, 0.05) is 25.7 Å². The fourth-order valence-electron chi connectivity index (χ4n) is 3.90. The number of benzene rings is 1. The molecule has 0 aliphatic carbocycles. The van der Waals surface area contributed by atoms with E-state index in [1.807, 2.05) is 26.8 Å². The van der Waals surface area contributed by atoms with Crippen molar-refractivity contribution in [3.8, 4) is 17.2 Å². The van der Waals surface area contributed by atoms with Gasteiger partial charge in [-0.1, -0.05) is 12.1 Å². The van der Waals surface area contributed by atoms with Gasteiger partial charge in [0.2, 0.25) is 16.0 Å². The molecule has 2 atom stereocenters. The predicted molar refractivity (Wildman–Crippen MR) is 150 cm³/mol. The highest BCUT2D eigenvalue weighted by Gasteiger charge is 2.35. The van der Waals surface area contributed by atoms with Crippen LogP contribution >= 0.6 is 0 Å². The van der Waals surface area contributed by atoms with Crippen LogP contribution in [0.5, 0.6) is 11.5 Å². The molecule has 1 aromatic carbocycles. The minimum atomic E-state index is -4.11. The van der Waals surface area contributed by atoms with Crippen LogP contribution in [0.15, 0.2) is 53.4 Å². The molecule has 3 rings (SSSR count). The number of aromatic nitrogens is 5. The summed E-state index contributed by atoms with van der Waals surface area (Å²) in [4.78, 5) is 12.3. The number of sulfonamides is 1. The number of rotatable bonds is 12. The second-order valence-corrected chi connectivity index (χ2v) is 10.7. The lowest BCUT2D eigenvalue weighted by atomic mass is 10.2. The molecule has 12 nitrogen and oxygen atoms in total. The van der Waals surface area contributed by atoms with Crippen molar-refractivity contribution < 1.29 is 22.6 Å². The molecule has 1 N–H and O–H groups in total. The molecule has 0 saturated heterocycles. The third-order valence-corrected chi connectivity index (χ3v) is 7.53. The first kappa shape index (κ1) is 29.5. The maximum atomic E-state index is 13.6. The van der Waals surface area contributed by atoms with Gasteiger partial charge in [-0.15, -0.1) is 10.2 Å². The average molecular weight is 556 g/mol. The molecule has 0 unspecified atom stereocenters. The van der Waals surface area contributed by atoms with E-state index in [1.165, 1.54) is 32.8 Å². The van der Waals surface area contributed by atoms with Crippen molar-refractivity contribution in [1.82, 2.24) is 24.7 Å². The average Bonchev–Trinajstić information content (AvgIpc) is 3.31. The summed E-state index contributed by atoms with van der Waals surface area (Å²) in [6, 6.07) is 5.21. The van der Waals surface area contributed by atoms with Crippen LogP contribution in [0.3, 0.4) is 0 Å². The second-order valence-electron chi connectivity index (χ2n) is 8.70. The van der Waals surface area contributed by atoms with Crippen molar-refractivity contribution in [3.05, 3.63) is 65.7 Å². The number of aliphatic imine (C=N–C) groups is 1. The maximum Gasteiger partial charge on any atom is 0.243 e. The molecule has 2 aromatic heterocycles. The topological polar surface area (TPSA) is 143 Å². The maximum absolute atomic E-state index is 13.6. The Morgan fingerprint density at radius 3 is 2.26 bits per heavy atom. The third kappa shape index (κ3) is 6.49. The van der Waals surface area contributed by atoms with Crippen LogP contribution in [0.25, 0.3) is 11.3 Å². The Bertz CT molecular complexity index is 1460. The van der Waals surface area contributed by atoms with Gasteiger partial charge in [0.1, 0.15) is 28.5 Å². The first-order chi connectivity index (χ1) is 18.6. The highest BCUT2D eigenvalue weighted by molar-refractivity contribution is 7.93. The molecule has 3 aromatic rings. The minimum absolute atomic E-state index is 0.0736. The number of nitrogens with zero attached hydrogens (tertiary/aromatic N) is 6. The van der Waals surface area contributed by atoms with Crippen molar-refractivity contribution in [2.75, 3.05) is 26.1 Å². The quantitative estimate of drug-likeness (QED) is 0.260. The molecule has 0 fully saturated rings. The molecular formula is C26H33N7O5S. The zero-order chi connectivity index (χ0) is 28.7. The summed E-state index contributed by atoms with van der Waals surface area (Å²) in [7, 11) is 0.303. The largest absolute Gasteiger partial charge is 0.494 e. The molecule has 0 saturated carbocycles. The zero-order valence-electron chi connectivity index (χ0n) is 23.0. The number of hydrogen-bond donors (Lipinski definition) is 1. The number of methoxy groups -OCH3 is 3. The van der Waals surface area contributed by atoms with Gasteiger partial charge in [0.15, 0.2) is 11.6 Å². The second kappa shape index (κ2) is 12.6. The lowest BCUT2D eigenvalue weighted by molar-refractivity contribution is 0.0949. The summed E-state index contributed by atoms with van der Waals surface area (Å²) in [6.45, 7) is 10.5. The van der Waals surface area contributed by atoms with Crippen LogP contribution in [0, 0.1) is 6.92 Å². The van der Waals surface area contributed by atoms with Crippen LogP contribution in [-0.4, -0.2) is 66.4 Å². The number of allylic oxidation sites excluding steroid dienone is 3. The van der Waals surface area contributed by atoms with Crippen LogP contribution < -0.4 is 14.2 Å². The Morgan fingerprint density at radius 1 is 1.10 bits per heavy atom. The van der Waals surface area contributed by atoms with Gasteiger partial charge in [-0.25, -0.2) is 18.4 Å². The van der Waals surface area contributed by atoms with Gasteiger partial charge in [-0.2, -0.15) is 0 Å². The smallest absolute Gasteiger partial charge is 0.243 e. The van der Waals surface area contributed by atoms with Crippen molar-refractivity contribution in [1.29, 1.82) is 0 Å². The van der Waals surface area contributed by atoms with Crippen molar-refractivity contribution in [3.63, 3.8) is 0 Å². The number of aryl methyl sites for hydroxylation is 1. The Labute approximate surface area is 228 Å². The summed E-state index contributed by atoms with van der Waals surface area (Å²) in [5, 5.41) is 7.41. The van der Waals surface area contributed by atoms with Gasteiger partial charge in [0.25, 0.3) is 0 Å². The Morgan fingerprint density at radius 2 is 1.72 bits per heavy atom. The highest BCUT2D eigenvalue weighted by Crippen LogP contribution is 2.37. The summed E-state index contributed by atoms with van der Waals surface area (Å²) in [6.07, 6.45) is 5.68. The van der Waals surface area contributed by atoms with Crippen molar-refractivity contribution in [2.24, 2.45) is 4.99 Å². The predicted octanol–water partition coefficient (Wildman–Crippen LogP) is 3.91. The third-order valence-electron chi connectivity index (χ3n) is 5.84. The molecule has 13 heteroatoms. The van der Waals surface area contributed by atoms with Crippen molar-refractivity contribution >= 4 is 28.3 Å². The van der Waals surface area contributed by atoms with Gasteiger partial charge in [-0.05, 0) is 63.3 Å². The van der Waals surface area contributed by atoms with E-state index in [0.29, 0.717) is 28.6 Å². The summed E-state index contributed by atoms with van der Waals surface area (Å²) >= 11 is 0. The van der Waals surface area contributed by atoms with E-state index in [1.54, 1.807) is 36.8 Å². The van der Waals surface area contributed by atoms with Crippen molar-refractivity contribution in [2.45, 2.75) is 39.0 Å². The van der Waals surface area contributed by atoms with E-state index >= 15 is 0 Å². The van der Waals surface area contributed by atoms with Gasteiger partial charge in [0.05, 0.1) is 14.2 Å². The number of para-hydroxylation sites is 1. The van der Waals surface area contributed by atoms with Crippen LogP contribution in [0.1, 0.15) is 44.1 Å². The first-order valence-electron chi connectivity index (χ1n) is 11.9. The molecule has 0 spiro atoms.